The number of rotatable bonds is 8. The standard InChI is InChI=1S/C27H34N4O6S/c1-17(2)14-21(30-27(34)24-15-19-9-4-5-11-23(19)37-24)26(33)29-20-10-7-13-31(16-22(20)32)38(35,36)25-12-6-8-18(3)28-25/h4-6,8-9,11-12,15,17,20-22,32H,7,10,13-14,16H2,1-3H3,(H,29,33)(H,30,34)/t20?,21?,22-/m0/s1. The van der Waals surface area contributed by atoms with Crippen LogP contribution < -0.4 is 10.6 Å². The molecule has 1 aliphatic heterocycles. The highest BCUT2D eigenvalue weighted by atomic mass is 32.2. The van der Waals surface area contributed by atoms with Crippen LogP contribution in [0, 0.1) is 12.8 Å². The highest BCUT2D eigenvalue weighted by Gasteiger charge is 2.35. The Kier molecular flexibility index (Phi) is 8.49. The van der Waals surface area contributed by atoms with Crippen LogP contribution in [0.25, 0.3) is 11.0 Å². The maximum absolute atomic E-state index is 13.3. The molecule has 1 aliphatic rings. The summed E-state index contributed by atoms with van der Waals surface area (Å²) in [6.45, 7) is 5.61. The first-order valence-electron chi connectivity index (χ1n) is 12.8. The van der Waals surface area contributed by atoms with Gasteiger partial charge in [0.15, 0.2) is 10.8 Å². The Morgan fingerprint density at radius 1 is 1.18 bits per heavy atom. The molecule has 1 fully saturated rings. The molecule has 2 aromatic heterocycles. The Bertz CT molecular complexity index is 1370. The van der Waals surface area contributed by atoms with E-state index in [1.807, 2.05) is 32.0 Å². The summed E-state index contributed by atoms with van der Waals surface area (Å²) in [4.78, 5) is 30.3. The number of nitrogens with zero attached hydrogens (tertiary/aromatic N) is 2. The lowest BCUT2D eigenvalue weighted by Crippen LogP contribution is -2.54. The van der Waals surface area contributed by atoms with Crippen LogP contribution in [0.2, 0.25) is 0 Å². The maximum Gasteiger partial charge on any atom is 0.287 e. The molecule has 10 nitrogen and oxygen atoms in total. The Labute approximate surface area is 222 Å². The quantitative estimate of drug-likeness (QED) is 0.397. The number of fused-ring (bicyclic) bond motifs is 1. The summed E-state index contributed by atoms with van der Waals surface area (Å²) < 4.78 is 33.1. The van der Waals surface area contributed by atoms with E-state index in [1.54, 1.807) is 31.2 Å². The Hall–Kier alpha value is -3.28. The lowest BCUT2D eigenvalue weighted by molar-refractivity contribution is -0.125. The maximum atomic E-state index is 13.3. The summed E-state index contributed by atoms with van der Waals surface area (Å²) in [6.07, 6.45) is 0.0613. The number of carbonyl (C=O) groups excluding carboxylic acids is 2. The van der Waals surface area contributed by atoms with E-state index in [2.05, 4.69) is 15.6 Å². The van der Waals surface area contributed by atoms with Crippen LogP contribution in [0.5, 0.6) is 0 Å². The van der Waals surface area contributed by atoms with E-state index in [0.29, 0.717) is 30.5 Å². The molecule has 3 heterocycles. The molecule has 204 valence electrons. The SMILES string of the molecule is Cc1cccc(S(=O)(=O)N2CCCC(NC(=O)C(CC(C)C)NC(=O)c3cc4ccccc4o3)[C@@H](O)C2)n1. The van der Waals surface area contributed by atoms with Gasteiger partial charge >= 0.3 is 0 Å². The highest BCUT2D eigenvalue weighted by molar-refractivity contribution is 7.89. The van der Waals surface area contributed by atoms with E-state index in [-0.39, 0.29) is 29.8 Å². The van der Waals surface area contributed by atoms with E-state index in [1.165, 1.54) is 10.4 Å². The third-order valence-corrected chi connectivity index (χ3v) is 8.32. The van der Waals surface area contributed by atoms with Crippen molar-refractivity contribution >= 4 is 32.8 Å². The van der Waals surface area contributed by atoms with Gasteiger partial charge in [0, 0.05) is 24.2 Å². The summed E-state index contributed by atoms with van der Waals surface area (Å²) in [5.74, 6) is -0.744. The lowest BCUT2D eigenvalue weighted by atomic mass is 10.0. The molecule has 0 aliphatic carbocycles. The Balaban J connectivity index is 1.44. The molecule has 3 aromatic rings. The number of pyridine rings is 1. The number of hydrogen-bond acceptors (Lipinski definition) is 7. The van der Waals surface area contributed by atoms with Gasteiger partial charge in [0.2, 0.25) is 5.91 Å². The minimum absolute atomic E-state index is 0.0718. The first-order chi connectivity index (χ1) is 18.0. The van der Waals surface area contributed by atoms with Gasteiger partial charge < -0.3 is 20.2 Å². The molecule has 1 saturated heterocycles. The molecule has 1 aromatic carbocycles. The highest BCUT2D eigenvalue weighted by Crippen LogP contribution is 2.21. The second-order valence-corrected chi connectivity index (χ2v) is 12.0. The monoisotopic (exact) mass is 542 g/mol. The third kappa shape index (κ3) is 6.40. The van der Waals surface area contributed by atoms with E-state index >= 15 is 0 Å². The normalized spacial score (nSPS) is 19.7. The molecule has 3 N–H and O–H groups in total. The molecule has 0 radical (unpaired) electrons. The zero-order valence-corrected chi connectivity index (χ0v) is 22.6. The van der Waals surface area contributed by atoms with Crippen LogP contribution in [0.4, 0.5) is 0 Å². The number of furan rings is 1. The van der Waals surface area contributed by atoms with Crippen LogP contribution in [-0.4, -0.2) is 65.9 Å². The second kappa shape index (κ2) is 11.6. The average molecular weight is 543 g/mol. The first-order valence-corrected chi connectivity index (χ1v) is 14.2. The average Bonchev–Trinajstić information content (AvgIpc) is 3.22. The van der Waals surface area contributed by atoms with Gasteiger partial charge in [-0.15, -0.1) is 0 Å². The number of sulfonamides is 1. The molecule has 0 spiro atoms. The first kappa shape index (κ1) is 27.7. The third-order valence-electron chi connectivity index (χ3n) is 6.55. The molecule has 0 saturated carbocycles. The molecule has 38 heavy (non-hydrogen) atoms. The Morgan fingerprint density at radius 2 is 1.95 bits per heavy atom. The van der Waals surface area contributed by atoms with Crippen molar-refractivity contribution in [2.45, 2.75) is 63.2 Å². The van der Waals surface area contributed by atoms with Gasteiger partial charge in [-0.2, -0.15) is 4.31 Å². The van der Waals surface area contributed by atoms with E-state index in [0.717, 1.165) is 5.39 Å². The van der Waals surface area contributed by atoms with Gasteiger partial charge in [-0.1, -0.05) is 38.1 Å². The minimum Gasteiger partial charge on any atom is -0.451 e. The van der Waals surface area contributed by atoms with Crippen LogP contribution in [0.15, 0.2) is 58.0 Å². The number of aryl methyl sites for hydroxylation is 1. The van der Waals surface area contributed by atoms with Gasteiger partial charge in [0.1, 0.15) is 11.6 Å². The smallest absolute Gasteiger partial charge is 0.287 e. The number of aliphatic hydroxyl groups excluding tert-OH is 1. The van der Waals surface area contributed by atoms with Crippen molar-refractivity contribution < 1.29 is 27.5 Å². The van der Waals surface area contributed by atoms with Gasteiger partial charge in [-0.05, 0) is 56.4 Å². The van der Waals surface area contributed by atoms with Gasteiger partial charge in [-0.25, -0.2) is 13.4 Å². The van der Waals surface area contributed by atoms with Crippen LogP contribution >= 0.6 is 0 Å². The van der Waals surface area contributed by atoms with Crippen molar-refractivity contribution in [2.75, 3.05) is 13.1 Å². The van der Waals surface area contributed by atoms with Crippen LogP contribution in [0.1, 0.15) is 49.4 Å². The van der Waals surface area contributed by atoms with E-state index < -0.39 is 40.0 Å². The molecule has 2 unspecified atom stereocenters. The summed E-state index contributed by atoms with van der Waals surface area (Å²) in [5, 5.41) is 17.2. The number of benzene rings is 1. The van der Waals surface area contributed by atoms with Crippen molar-refractivity contribution in [2.24, 2.45) is 5.92 Å². The molecular weight excluding hydrogens is 508 g/mol. The predicted octanol–water partition coefficient (Wildman–Crippen LogP) is 2.61. The zero-order chi connectivity index (χ0) is 27.4. The summed E-state index contributed by atoms with van der Waals surface area (Å²) >= 11 is 0. The fourth-order valence-corrected chi connectivity index (χ4v) is 6.09. The summed E-state index contributed by atoms with van der Waals surface area (Å²) in [6, 6.07) is 12.1. The second-order valence-electron chi connectivity index (χ2n) is 10.1. The number of hydrogen-bond donors (Lipinski definition) is 3. The molecular formula is C27H34N4O6S. The minimum atomic E-state index is -3.90. The molecule has 3 atom stereocenters. The number of β-amino-alcohol motifs (C(OH)–C–C–N with tert-alkyl or cyclic N) is 1. The van der Waals surface area contributed by atoms with Crippen molar-refractivity contribution in [3.05, 3.63) is 60.0 Å². The topological polar surface area (TPSA) is 142 Å². The number of carbonyl (C=O) groups is 2. The molecule has 11 heteroatoms. The molecule has 0 bridgehead atoms. The van der Waals surface area contributed by atoms with Crippen molar-refractivity contribution in [1.29, 1.82) is 0 Å². The van der Waals surface area contributed by atoms with Gasteiger partial charge in [-0.3, -0.25) is 9.59 Å². The van der Waals surface area contributed by atoms with Crippen LogP contribution in [0.3, 0.4) is 0 Å². The number of nitrogens with one attached hydrogen (secondary N) is 2. The number of aromatic nitrogens is 1. The van der Waals surface area contributed by atoms with E-state index in [9.17, 15) is 23.1 Å². The summed E-state index contributed by atoms with van der Waals surface area (Å²) in [7, 11) is -3.90. The fourth-order valence-electron chi connectivity index (χ4n) is 4.60. The number of para-hydroxylation sites is 1. The van der Waals surface area contributed by atoms with Gasteiger partial charge in [0.25, 0.3) is 15.9 Å². The fraction of sp³-hybridized carbons (Fsp3) is 0.444. The number of aliphatic hydroxyl groups is 1. The zero-order valence-electron chi connectivity index (χ0n) is 21.8. The van der Waals surface area contributed by atoms with Crippen molar-refractivity contribution in [3.63, 3.8) is 0 Å². The van der Waals surface area contributed by atoms with Crippen LogP contribution in [-0.2, 0) is 14.8 Å². The predicted molar refractivity (Wildman–Crippen MR) is 142 cm³/mol. The van der Waals surface area contributed by atoms with Gasteiger partial charge in [0.05, 0.1) is 12.1 Å². The molecule has 4 rings (SSSR count). The number of amides is 2. The lowest BCUT2D eigenvalue weighted by Gasteiger charge is -2.27. The van der Waals surface area contributed by atoms with Crippen molar-refractivity contribution in [3.8, 4) is 0 Å². The largest absolute Gasteiger partial charge is 0.451 e. The van der Waals surface area contributed by atoms with E-state index in [4.69, 9.17) is 4.42 Å². The summed E-state index contributed by atoms with van der Waals surface area (Å²) in [5.41, 5.74) is 1.15. The van der Waals surface area contributed by atoms with Crippen molar-refractivity contribution in [1.82, 2.24) is 19.9 Å². The molecule has 2 amide bonds. The Morgan fingerprint density at radius 3 is 2.66 bits per heavy atom.